The SMILES string of the molecule is CC1(CC[N+](C)(C)C)NC(=O)NC1=O. The van der Waals surface area contributed by atoms with Gasteiger partial charge in [-0.25, -0.2) is 4.79 Å². The molecule has 1 aliphatic rings. The molecule has 5 heteroatoms. The summed E-state index contributed by atoms with van der Waals surface area (Å²) in [5.41, 5.74) is -0.734. The molecular weight excluding hydrogens is 182 g/mol. The third-order valence-corrected chi connectivity index (χ3v) is 2.40. The van der Waals surface area contributed by atoms with Crippen LogP contribution in [-0.2, 0) is 4.79 Å². The topological polar surface area (TPSA) is 58.2 Å². The Morgan fingerprint density at radius 2 is 1.86 bits per heavy atom. The van der Waals surface area contributed by atoms with Crippen molar-refractivity contribution in [2.45, 2.75) is 18.9 Å². The zero-order valence-electron chi connectivity index (χ0n) is 9.18. The van der Waals surface area contributed by atoms with E-state index < -0.39 is 5.54 Å². The number of carbonyl (C=O) groups excluding carboxylic acids is 2. The summed E-state index contributed by atoms with van der Waals surface area (Å²) in [6.45, 7) is 2.59. The van der Waals surface area contributed by atoms with Crippen LogP contribution in [0.4, 0.5) is 4.79 Å². The molecule has 0 saturated carbocycles. The van der Waals surface area contributed by atoms with Gasteiger partial charge in [0, 0.05) is 6.42 Å². The second kappa shape index (κ2) is 3.24. The van der Waals surface area contributed by atoms with Crippen LogP contribution < -0.4 is 10.6 Å². The van der Waals surface area contributed by atoms with Gasteiger partial charge in [-0.1, -0.05) is 0 Å². The second-order valence-electron chi connectivity index (χ2n) is 5.00. The van der Waals surface area contributed by atoms with Gasteiger partial charge in [0.15, 0.2) is 0 Å². The third kappa shape index (κ3) is 2.45. The number of quaternary nitrogens is 1. The number of carbonyl (C=O) groups is 2. The molecule has 2 N–H and O–H groups in total. The Morgan fingerprint density at radius 3 is 2.21 bits per heavy atom. The smallest absolute Gasteiger partial charge is 0.322 e. The van der Waals surface area contributed by atoms with Crippen molar-refractivity contribution >= 4 is 11.9 Å². The first kappa shape index (κ1) is 11.0. The van der Waals surface area contributed by atoms with Crippen LogP contribution >= 0.6 is 0 Å². The highest BCUT2D eigenvalue weighted by molar-refractivity contribution is 6.06. The van der Waals surface area contributed by atoms with Crippen LogP contribution in [0.2, 0.25) is 0 Å². The minimum atomic E-state index is -0.734. The van der Waals surface area contributed by atoms with Crippen LogP contribution in [-0.4, -0.2) is 49.6 Å². The molecule has 0 spiro atoms. The molecule has 1 fully saturated rings. The monoisotopic (exact) mass is 200 g/mol. The lowest BCUT2D eigenvalue weighted by molar-refractivity contribution is -0.870. The van der Waals surface area contributed by atoms with Gasteiger partial charge in [-0.2, -0.15) is 0 Å². The first-order chi connectivity index (χ1) is 6.23. The molecule has 5 nitrogen and oxygen atoms in total. The Labute approximate surface area is 84.0 Å². The van der Waals surface area contributed by atoms with E-state index in [0.29, 0.717) is 6.42 Å². The molecule has 0 aromatic carbocycles. The molecule has 1 saturated heterocycles. The predicted octanol–water partition coefficient (Wildman–Crippen LogP) is -0.319. The minimum Gasteiger partial charge on any atom is -0.331 e. The zero-order chi connectivity index (χ0) is 11.0. The Kier molecular flexibility index (Phi) is 2.54. The lowest BCUT2D eigenvalue weighted by atomic mass is 9.98. The third-order valence-electron chi connectivity index (χ3n) is 2.40. The van der Waals surface area contributed by atoms with Crippen molar-refractivity contribution in [2.75, 3.05) is 27.7 Å². The highest BCUT2D eigenvalue weighted by atomic mass is 16.2. The summed E-state index contributed by atoms with van der Waals surface area (Å²) in [5.74, 6) is -0.226. The van der Waals surface area contributed by atoms with E-state index in [1.54, 1.807) is 6.92 Å². The number of nitrogens with zero attached hydrogens (tertiary/aromatic N) is 1. The molecule has 1 unspecified atom stereocenters. The van der Waals surface area contributed by atoms with Crippen molar-refractivity contribution < 1.29 is 14.1 Å². The van der Waals surface area contributed by atoms with Gasteiger partial charge in [-0.05, 0) is 6.92 Å². The van der Waals surface area contributed by atoms with Gasteiger partial charge in [0.1, 0.15) is 5.54 Å². The summed E-state index contributed by atoms with van der Waals surface area (Å²) in [7, 11) is 6.16. The Balaban J connectivity index is 2.59. The summed E-state index contributed by atoms with van der Waals surface area (Å²) < 4.78 is 0.777. The second-order valence-corrected chi connectivity index (χ2v) is 5.00. The number of hydrogen-bond donors (Lipinski definition) is 2. The Morgan fingerprint density at radius 1 is 1.29 bits per heavy atom. The maximum absolute atomic E-state index is 11.4. The summed E-state index contributed by atoms with van der Waals surface area (Å²) in [6, 6.07) is -0.390. The van der Waals surface area contributed by atoms with E-state index in [1.165, 1.54) is 0 Å². The fourth-order valence-corrected chi connectivity index (χ4v) is 1.31. The normalized spacial score (nSPS) is 27.4. The predicted molar refractivity (Wildman–Crippen MR) is 52.6 cm³/mol. The van der Waals surface area contributed by atoms with Crippen LogP contribution in [0.1, 0.15) is 13.3 Å². The van der Waals surface area contributed by atoms with Crippen molar-refractivity contribution in [3.63, 3.8) is 0 Å². The number of imide groups is 1. The molecular formula is C9H18N3O2+. The maximum Gasteiger partial charge on any atom is 0.322 e. The van der Waals surface area contributed by atoms with Gasteiger partial charge in [-0.15, -0.1) is 0 Å². The van der Waals surface area contributed by atoms with E-state index in [0.717, 1.165) is 11.0 Å². The van der Waals surface area contributed by atoms with Crippen LogP contribution in [0.25, 0.3) is 0 Å². The number of amides is 3. The van der Waals surface area contributed by atoms with E-state index in [1.807, 2.05) is 0 Å². The van der Waals surface area contributed by atoms with E-state index >= 15 is 0 Å². The van der Waals surface area contributed by atoms with Crippen molar-refractivity contribution in [3.8, 4) is 0 Å². The fourth-order valence-electron chi connectivity index (χ4n) is 1.31. The summed E-state index contributed by atoms with van der Waals surface area (Å²) >= 11 is 0. The molecule has 0 aliphatic carbocycles. The first-order valence-corrected chi connectivity index (χ1v) is 4.67. The summed E-state index contributed by atoms with van der Waals surface area (Å²) in [4.78, 5) is 22.4. The number of rotatable bonds is 3. The zero-order valence-corrected chi connectivity index (χ0v) is 9.18. The van der Waals surface area contributed by atoms with Gasteiger partial charge in [0.05, 0.1) is 27.7 Å². The van der Waals surface area contributed by atoms with Crippen molar-refractivity contribution in [2.24, 2.45) is 0 Å². The number of nitrogens with one attached hydrogen (secondary N) is 2. The molecule has 0 aromatic heterocycles. The molecule has 1 rings (SSSR count). The van der Waals surface area contributed by atoms with E-state index in [-0.39, 0.29) is 11.9 Å². The Bertz CT molecular complexity index is 270. The molecule has 1 atom stereocenters. The highest BCUT2D eigenvalue weighted by Gasteiger charge is 2.42. The van der Waals surface area contributed by atoms with Gasteiger partial charge in [-0.3, -0.25) is 10.1 Å². The molecule has 80 valence electrons. The molecule has 1 aliphatic heterocycles. The first-order valence-electron chi connectivity index (χ1n) is 4.67. The largest absolute Gasteiger partial charge is 0.331 e. The quantitative estimate of drug-likeness (QED) is 0.484. The van der Waals surface area contributed by atoms with Crippen molar-refractivity contribution in [1.29, 1.82) is 0 Å². The average Bonchev–Trinajstić information content (AvgIpc) is 2.22. The maximum atomic E-state index is 11.4. The van der Waals surface area contributed by atoms with Crippen LogP contribution in [0.5, 0.6) is 0 Å². The van der Waals surface area contributed by atoms with Gasteiger partial charge in [0.25, 0.3) is 5.91 Å². The van der Waals surface area contributed by atoms with E-state index in [2.05, 4.69) is 31.8 Å². The van der Waals surface area contributed by atoms with Gasteiger partial charge in [0.2, 0.25) is 0 Å². The highest BCUT2D eigenvalue weighted by Crippen LogP contribution is 2.15. The molecule has 3 amide bonds. The molecule has 1 heterocycles. The lowest BCUT2D eigenvalue weighted by Gasteiger charge is -2.28. The molecule has 0 bridgehead atoms. The fraction of sp³-hybridized carbons (Fsp3) is 0.778. The number of urea groups is 1. The lowest BCUT2D eigenvalue weighted by Crippen LogP contribution is -2.48. The standard InChI is InChI=1S/C9H17N3O2/c1-9(5-6-12(2,3)4)7(13)10-8(14)11-9/h5-6H2,1-4H3,(H-,10,11,13,14)/p+1. The summed E-state index contributed by atoms with van der Waals surface area (Å²) in [5, 5.41) is 4.89. The average molecular weight is 200 g/mol. The van der Waals surface area contributed by atoms with E-state index in [9.17, 15) is 9.59 Å². The Hall–Kier alpha value is -1.10. The van der Waals surface area contributed by atoms with E-state index in [4.69, 9.17) is 0 Å². The van der Waals surface area contributed by atoms with Crippen LogP contribution in [0.3, 0.4) is 0 Å². The number of hydrogen-bond acceptors (Lipinski definition) is 2. The molecule has 0 aromatic rings. The summed E-state index contributed by atoms with van der Waals surface area (Å²) in [6.07, 6.45) is 0.647. The molecule has 14 heavy (non-hydrogen) atoms. The molecule has 0 radical (unpaired) electrons. The van der Waals surface area contributed by atoms with Gasteiger partial charge >= 0.3 is 6.03 Å². The van der Waals surface area contributed by atoms with Crippen LogP contribution in [0, 0.1) is 0 Å². The van der Waals surface area contributed by atoms with Crippen molar-refractivity contribution in [3.05, 3.63) is 0 Å². The van der Waals surface area contributed by atoms with Crippen molar-refractivity contribution in [1.82, 2.24) is 10.6 Å². The van der Waals surface area contributed by atoms with Crippen LogP contribution in [0.15, 0.2) is 0 Å². The van der Waals surface area contributed by atoms with Gasteiger partial charge < -0.3 is 9.80 Å². The minimum absolute atomic E-state index is 0.226.